The van der Waals surface area contributed by atoms with E-state index in [4.69, 9.17) is 4.74 Å². The monoisotopic (exact) mass is 437 g/mol. The molecule has 0 saturated heterocycles. The molecule has 2 heterocycles. The molecule has 2 aromatic heterocycles. The first-order valence-corrected chi connectivity index (χ1v) is 10.9. The normalized spacial score (nSPS) is 12.1. The van der Waals surface area contributed by atoms with Crippen LogP contribution in [-0.4, -0.2) is 14.6 Å². The summed E-state index contributed by atoms with van der Waals surface area (Å²) < 4.78 is 7.82. The molecule has 156 valence electrons. The Balaban J connectivity index is 1.41. The van der Waals surface area contributed by atoms with Gasteiger partial charge in [0.1, 0.15) is 11.5 Å². The van der Waals surface area contributed by atoms with Crippen LogP contribution < -0.4 is 14.8 Å². The molecule has 0 bridgehead atoms. The van der Waals surface area contributed by atoms with Gasteiger partial charge >= 0.3 is 0 Å². The molecule has 6 heteroatoms. The minimum Gasteiger partial charge on any atom is -0.457 e. The first kappa shape index (κ1) is 19.9. The summed E-state index contributed by atoms with van der Waals surface area (Å²) in [5, 5.41) is 4.35. The predicted molar refractivity (Wildman–Crippen MR) is 129 cm³/mol. The van der Waals surface area contributed by atoms with Crippen LogP contribution in [0.4, 0.5) is 0 Å². The van der Waals surface area contributed by atoms with Gasteiger partial charge < -0.3 is 4.74 Å². The summed E-state index contributed by atoms with van der Waals surface area (Å²) in [5.74, 6) is 1.98. The number of rotatable bonds is 5. The van der Waals surface area contributed by atoms with Gasteiger partial charge in [0, 0.05) is 0 Å². The van der Waals surface area contributed by atoms with Gasteiger partial charge in [-0.05, 0) is 54.5 Å². The van der Waals surface area contributed by atoms with Crippen molar-refractivity contribution in [2.45, 2.75) is 6.92 Å². The zero-order valence-corrected chi connectivity index (χ0v) is 18.1. The van der Waals surface area contributed by atoms with Crippen molar-refractivity contribution in [2.24, 2.45) is 0 Å². The fourth-order valence-electron chi connectivity index (χ4n) is 3.21. The molecule has 0 aliphatic carbocycles. The van der Waals surface area contributed by atoms with Gasteiger partial charge in [-0.3, -0.25) is 4.79 Å². The molecule has 5 nitrogen and oxygen atoms in total. The maximum Gasteiger partial charge on any atom is 0.291 e. The highest BCUT2D eigenvalue weighted by atomic mass is 32.1. The number of aromatic nitrogens is 3. The third-order valence-corrected chi connectivity index (χ3v) is 5.79. The molecule has 0 amide bonds. The maximum atomic E-state index is 12.8. The molecule has 5 aromatic rings. The zero-order chi connectivity index (χ0) is 21.9. The number of nitrogens with zero attached hydrogens (tertiary/aromatic N) is 3. The first-order valence-electron chi connectivity index (χ1n) is 10.1. The summed E-state index contributed by atoms with van der Waals surface area (Å²) >= 11 is 1.32. The summed E-state index contributed by atoms with van der Waals surface area (Å²) in [4.78, 5) is 17.9. The smallest absolute Gasteiger partial charge is 0.291 e. The highest BCUT2D eigenvalue weighted by Gasteiger charge is 2.09. The molecule has 0 aliphatic heterocycles. The van der Waals surface area contributed by atoms with Crippen LogP contribution in [0.3, 0.4) is 0 Å². The molecule has 32 heavy (non-hydrogen) atoms. The highest BCUT2D eigenvalue weighted by molar-refractivity contribution is 7.15. The van der Waals surface area contributed by atoms with E-state index in [1.807, 2.05) is 85.0 Å². The first-order chi connectivity index (χ1) is 15.6. The van der Waals surface area contributed by atoms with Gasteiger partial charge in [-0.25, -0.2) is 0 Å². The van der Waals surface area contributed by atoms with E-state index in [0.717, 1.165) is 16.9 Å². The van der Waals surface area contributed by atoms with Crippen LogP contribution in [0.2, 0.25) is 0 Å². The van der Waals surface area contributed by atoms with Gasteiger partial charge in [-0.1, -0.05) is 77.6 Å². The van der Waals surface area contributed by atoms with E-state index in [1.54, 1.807) is 0 Å². The van der Waals surface area contributed by atoms with Crippen LogP contribution in [0.25, 0.3) is 23.2 Å². The van der Waals surface area contributed by atoms with Gasteiger partial charge in [0.15, 0.2) is 5.82 Å². The zero-order valence-electron chi connectivity index (χ0n) is 17.3. The van der Waals surface area contributed by atoms with Crippen LogP contribution in [0.5, 0.6) is 11.5 Å². The Morgan fingerprint density at radius 3 is 2.44 bits per heavy atom. The molecule has 0 atom stereocenters. The summed E-state index contributed by atoms with van der Waals surface area (Å²) in [7, 11) is 0. The van der Waals surface area contributed by atoms with Gasteiger partial charge in [0.25, 0.3) is 5.56 Å². The number of benzene rings is 3. The number of ether oxygens (including phenoxy) is 1. The molecular formula is C26H19N3O2S. The van der Waals surface area contributed by atoms with Crippen molar-refractivity contribution < 1.29 is 4.74 Å². The van der Waals surface area contributed by atoms with Crippen molar-refractivity contribution in [1.29, 1.82) is 0 Å². The lowest BCUT2D eigenvalue weighted by Crippen LogP contribution is -2.23. The van der Waals surface area contributed by atoms with E-state index >= 15 is 0 Å². The molecule has 0 saturated carbocycles. The van der Waals surface area contributed by atoms with Crippen molar-refractivity contribution in [3.8, 4) is 11.5 Å². The number of para-hydroxylation sites is 1. The predicted octanol–water partition coefficient (Wildman–Crippen LogP) is 4.97. The fraction of sp³-hybridized carbons (Fsp3) is 0.0385. The molecule has 0 radical (unpaired) electrons. The lowest BCUT2D eigenvalue weighted by molar-refractivity contribution is 0.482. The maximum absolute atomic E-state index is 12.8. The van der Waals surface area contributed by atoms with Gasteiger partial charge in [0.05, 0.1) is 4.53 Å². The SMILES string of the molecule is Cc1ccc(/C=C/c2nc3s/c(=C/c4cccc(Oc5ccccc5)c4)c(=O)n3n2)cc1. The lowest BCUT2D eigenvalue weighted by atomic mass is 10.1. The molecule has 3 aromatic carbocycles. The Morgan fingerprint density at radius 2 is 1.66 bits per heavy atom. The molecule has 5 rings (SSSR count). The Morgan fingerprint density at radius 1 is 0.875 bits per heavy atom. The van der Waals surface area contributed by atoms with E-state index in [2.05, 4.69) is 29.1 Å². The van der Waals surface area contributed by atoms with Crippen molar-refractivity contribution in [3.63, 3.8) is 0 Å². The third kappa shape index (κ3) is 4.36. The van der Waals surface area contributed by atoms with Crippen LogP contribution in [-0.2, 0) is 0 Å². The van der Waals surface area contributed by atoms with Crippen LogP contribution in [0, 0.1) is 6.92 Å². The third-order valence-electron chi connectivity index (χ3n) is 4.84. The molecular weight excluding hydrogens is 418 g/mol. The Labute approximate surface area is 188 Å². The van der Waals surface area contributed by atoms with Crippen LogP contribution in [0.1, 0.15) is 22.5 Å². The number of thiazole rings is 1. The van der Waals surface area contributed by atoms with E-state index < -0.39 is 0 Å². The largest absolute Gasteiger partial charge is 0.457 e. The second-order valence-electron chi connectivity index (χ2n) is 7.31. The molecule has 0 fully saturated rings. The standard InChI is InChI=1S/C26H19N3O2S/c1-18-10-12-19(13-11-18)14-15-24-27-26-29(28-24)25(30)23(32-26)17-20-6-5-9-22(16-20)31-21-7-3-2-4-8-21/h2-17H,1H3/b15-14+,23-17+. The average Bonchev–Trinajstić information content (AvgIpc) is 3.33. The molecule has 0 aliphatic rings. The molecule has 0 spiro atoms. The van der Waals surface area contributed by atoms with Crippen LogP contribution in [0.15, 0.2) is 83.7 Å². The minimum absolute atomic E-state index is 0.179. The lowest BCUT2D eigenvalue weighted by Gasteiger charge is -2.05. The Bertz CT molecular complexity index is 1520. The van der Waals surface area contributed by atoms with Crippen molar-refractivity contribution in [2.75, 3.05) is 0 Å². The Kier molecular flexibility index (Phi) is 5.35. The number of aryl methyl sites for hydroxylation is 1. The minimum atomic E-state index is -0.179. The van der Waals surface area contributed by atoms with E-state index in [9.17, 15) is 4.79 Å². The van der Waals surface area contributed by atoms with Gasteiger partial charge in [0.2, 0.25) is 4.96 Å². The average molecular weight is 438 g/mol. The van der Waals surface area contributed by atoms with Gasteiger partial charge in [-0.15, -0.1) is 5.10 Å². The molecule has 0 N–H and O–H groups in total. The van der Waals surface area contributed by atoms with E-state index in [0.29, 0.717) is 21.1 Å². The van der Waals surface area contributed by atoms with E-state index in [1.165, 1.54) is 21.4 Å². The topological polar surface area (TPSA) is 56.5 Å². The van der Waals surface area contributed by atoms with Gasteiger partial charge in [-0.2, -0.15) is 9.50 Å². The summed E-state index contributed by atoms with van der Waals surface area (Å²) in [6.07, 6.45) is 5.59. The summed E-state index contributed by atoms with van der Waals surface area (Å²) in [5.41, 5.74) is 2.96. The second kappa shape index (κ2) is 8.61. The van der Waals surface area contributed by atoms with Crippen LogP contribution >= 0.6 is 11.3 Å². The number of fused-ring (bicyclic) bond motifs is 1. The number of hydrogen-bond acceptors (Lipinski definition) is 5. The van der Waals surface area contributed by atoms with E-state index in [-0.39, 0.29) is 5.56 Å². The second-order valence-corrected chi connectivity index (χ2v) is 8.32. The summed E-state index contributed by atoms with van der Waals surface area (Å²) in [6, 6.07) is 25.4. The van der Waals surface area contributed by atoms with Crippen molar-refractivity contribution in [1.82, 2.24) is 14.6 Å². The Hall–Kier alpha value is -4.03. The fourth-order valence-corrected chi connectivity index (χ4v) is 4.13. The highest BCUT2D eigenvalue weighted by Crippen LogP contribution is 2.22. The van der Waals surface area contributed by atoms with Crippen molar-refractivity contribution in [3.05, 3.63) is 116 Å². The van der Waals surface area contributed by atoms with Crippen molar-refractivity contribution >= 4 is 34.5 Å². The molecule has 0 unspecified atom stereocenters. The summed E-state index contributed by atoms with van der Waals surface area (Å²) in [6.45, 7) is 2.05. The number of hydrogen-bond donors (Lipinski definition) is 0. The quantitative estimate of drug-likeness (QED) is 0.390.